The van der Waals surface area contributed by atoms with Gasteiger partial charge in [-0.1, -0.05) is 19.8 Å². The van der Waals surface area contributed by atoms with E-state index in [4.69, 9.17) is 5.73 Å². The minimum atomic E-state index is -0.544. The zero-order valence-electron chi connectivity index (χ0n) is 11.2. The van der Waals surface area contributed by atoms with Gasteiger partial charge in [0.15, 0.2) is 0 Å². The highest BCUT2D eigenvalue weighted by atomic mass is 16.2. The topological polar surface area (TPSA) is 84.2 Å². The van der Waals surface area contributed by atoms with Gasteiger partial charge >= 0.3 is 0 Å². The Balaban J connectivity index is 4.05. The highest BCUT2D eigenvalue weighted by Crippen LogP contribution is 1.98. The molecule has 0 saturated heterocycles. The number of carbonyl (C=O) groups is 2. The van der Waals surface area contributed by atoms with Crippen molar-refractivity contribution in [2.24, 2.45) is 5.73 Å². The van der Waals surface area contributed by atoms with Gasteiger partial charge in [-0.2, -0.15) is 0 Å². The van der Waals surface area contributed by atoms with E-state index in [1.54, 1.807) is 6.92 Å². The summed E-state index contributed by atoms with van der Waals surface area (Å²) < 4.78 is 0. The Kier molecular flexibility index (Phi) is 7.54. The summed E-state index contributed by atoms with van der Waals surface area (Å²) in [4.78, 5) is 23.2. The van der Waals surface area contributed by atoms with E-state index in [-0.39, 0.29) is 17.9 Å². The quantitative estimate of drug-likeness (QED) is 0.610. The molecule has 2 amide bonds. The Morgan fingerprint density at radius 2 is 1.71 bits per heavy atom. The second-order valence-corrected chi connectivity index (χ2v) is 4.64. The molecule has 0 aromatic carbocycles. The number of nitrogens with one attached hydrogen (secondary N) is 2. The van der Waals surface area contributed by atoms with E-state index in [1.807, 2.05) is 20.8 Å². The van der Waals surface area contributed by atoms with Crippen LogP contribution in [0.15, 0.2) is 0 Å². The molecule has 0 aliphatic carbocycles. The Hall–Kier alpha value is -1.10. The van der Waals surface area contributed by atoms with E-state index in [1.165, 1.54) is 0 Å². The van der Waals surface area contributed by atoms with Gasteiger partial charge < -0.3 is 16.4 Å². The lowest BCUT2D eigenvalue weighted by Crippen LogP contribution is -2.51. The standard InChI is InChI=1S/C12H25N3O2/c1-5-6-7-10(13)12(17)15-9(4)11(16)14-8(2)3/h8-10H,5-7,13H2,1-4H3,(H,14,16)(H,15,17). The SMILES string of the molecule is CCCCC(N)C(=O)NC(C)C(=O)NC(C)C. The van der Waals surface area contributed by atoms with Crippen molar-refractivity contribution in [2.45, 2.75) is 65.1 Å². The first-order valence-corrected chi connectivity index (χ1v) is 6.24. The molecule has 0 aromatic heterocycles. The molecule has 17 heavy (non-hydrogen) atoms. The van der Waals surface area contributed by atoms with E-state index in [0.717, 1.165) is 12.8 Å². The maximum absolute atomic E-state index is 11.6. The summed E-state index contributed by atoms with van der Waals surface area (Å²) in [6.07, 6.45) is 2.58. The second-order valence-electron chi connectivity index (χ2n) is 4.64. The molecule has 0 bridgehead atoms. The average Bonchev–Trinajstić information content (AvgIpc) is 2.24. The fourth-order valence-electron chi connectivity index (χ4n) is 1.35. The summed E-state index contributed by atoms with van der Waals surface area (Å²) in [7, 11) is 0. The number of carbonyl (C=O) groups excluding carboxylic acids is 2. The molecule has 0 aromatic rings. The lowest BCUT2D eigenvalue weighted by molar-refractivity contribution is -0.129. The molecule has 0 rings (SSSR count). The van der Waals surface area contributed by atoms with Gasteiger partial charge in [0, 0.05) is 6.04 Å². The van der Waals surface area contributed by atoms with Crippen LogP contribution in [0.2, 0.25) is 0 Å². The van der Waals surface area contributed by atoms with Crippen LogP contribution in [0.3, 0.4) is 0 Å². The van der Waals surface area contributed by atoms with Crippen LogP contribution in [0.4, 0.5) is 0 Å². The molecular formula is C12H25N3O2. The van der Waals surface area contributed by atoms with Gasteiger partial charge in [-0.3, -0.25) is 9.59 Å². The van der Waals surface area contributed by atoms with Crippen LogP contribution in [-0.4, -0.2) is 29.9 Å². The molecule has 0 saturated carbocycles. The summed E-state index contributed by atoms with van der Waals surface area (Å²) in [6.45, 7) is 7.45. The Bertz CT molecular complexity index is 254. The number of rotatable bonds is 7. The first kappa shape index (κ1) is 15.9. The van der Waals surface area contributed by atoms with Gasteiger partial charge in [-0.25, -0.2) is 0 Å². The number of hydrogen-bond donors (Lipinski definition) is 3. The lowest BCUT2D eigenvalue weighted by Gasteiger charge is -2.18. The van der Waals surface area contributed by atoms with Crippen molar-refractivity contribution < 1.29 is 9.59 Å². The molecule has 4 N–H and O–H groups in total. The average molecular weight is 243 g/mol. The van der Waals surface area contributed by atoms with Crippen LogP contribution >= 0.6 is 0 Å². The lowest BCUT2D eigenvalue weighted by atomic mass is 10.1. The van der Waals surface area contributed by atoms with E-state index >= 15 is 0 Å². The zero-order chi connectivity index (χ0) is 13.4. The molecule has 0 radical (unpaired) electrons. The predicted molar refractivity (Wildman–Crippen MR) is 68.4 cm³/mol. The van der Waals surface area contributed by atoms with Crippen molar-refractivity contribution in [3.05, 3.63) is 0 Å². The van der Waals surface area contributed by atoms with Gasteiger partial charge in [0.25, 0.3) is 0 Å². The third-order valence-corrected chi connectivity index (χ3v) is 2.39. The largest absolute Gasteiger partial charge is 0.352 e. The van der Waals surface area contributed by atoms with Crippen LogP contribution < -0.4 is 16.4 Å². The molecule has 2 atom stereocenters. The minimum absolute atomic E-state index is 0.0654. The molecule has 0 spiro atoms. The molecule has 5 nitrogen and oxygen atoms in total. The van der Waals surface area contributed by atoms with Crippen molar-refractivity contribution in [1.82, 2.24) is 10.6 Å². The highest BCUT2D eigenvalue weighted by molar-refractivity contribution is 5.89. The van der Waals surface area contributed by atoms with E-state index < -0.39 is 12.1 Å². The van der Waals surface area contributed by atoms with Crippen LogP contribution in [-0.2, 0) is 9.59 Å². The Morgan fingerprint density at radius 3 is 2.18 bits per heavy atom. The third-order valence-electron chi connectivity index (χ3n) is 2.39. The van der Waals surface area contributed by atoms with Crippen LogP contribution in [0.5, 0.6) is 0 Å². The first-order valence-electron chi connectivity index (χ1n) is 6.24. The predicted octanol–water partition coefficient (Wildman–Crippen LogP) is 0.533. The maximum atomic E-state index is 11.6. The summed E-state index contributed by atoms with van der Waals surface area (Å²) in [5.41, 5.74) is 5.71. The molecule has 0 aliphatic heterocycles. The van der Waals surface area contributed by atoms with Crippen molar-refractivity contribution in [3.8, 4) is 0 Å². The van der Waals surface area contributed by atoms with E-state index in [2.05, 4.69) is 10.6 Å². The Labute approximate surface area is 104 Å². The van der Waals surface area contributed by atoms with Crippen molar-refractivity contribution in [1.29, 1.82) is 0 Å². The number of amides is 2. The summed E-state index contributed by atoms with van der Waals surface area (Å²) in [5.74, 6) is -0.444. The summed E-state index contributed by atoms with van der Waals surface area (Å²) in [6, 6.07) is -1.00. The van der Waals surface area contributed by atoms with Crippen LogP contribution in [0.1, 0.15) is 47.0 Å². The Morgan fingerprint density at radius 1 is 1.12 bits per heavy atom. The van der Waals surface area contributed by atoms with Gasteiger partial charge in [0.2, 0.25) is 11.8 Å². The normalized spacial score (nSPS) is 14.2. The monoisotopic (exact) mass is 243 g/mol. The zero-order valence-corrected chi connectivity index (χ0v) is 11.2. The second kappa shape index (κ2) is 8.06. The molecule has 100 valence electrons. The van der Waals surface area contributed by atoms with Gasteiger partial charge in [-0.05, 0) is 27.2 Å². The van der Waals surface area contributed by atoms with Crippen LogP contribution in [0, 0.1) is 0 Å². The van der Waals surface area contributed by atoms with Crippen molar-refractivity contribution in [3.63, 3.8) is 0 Å². The van der Waals surface area contributed by atoms with Crippen molar-refractivity contribution in [2.75, 3.05) is 0 Å². The molecule has 0 heterocycles. The molecule has 2 unspecified atom stereocenters. The van der Waals surface area contributed by atoms with Gasteiger partial charge in [-0.15, -0.1) is 0 Å². The fourth-order valence-corrected chi connectivity index (χ4v) is 1.35. The smallest absolute Gasteiger partial charge is 0.242 e. The molecule has 0 aliphatic rings. The highest BCUT2D eigenvalue weighted by Gasteiger charge is 2.19. The summed E-state index contributed by atoms with van der Waals surface area (Å²) >= 11 is 0. The third kappa shape index (κ3) is 6.94. The molecular weight excluding hydrogens is 218 g/mol. The number of hydrogen-bond acceptors (Lipinski definition) is 3. The van der Waals surface area contributed by atoms with Crippen LogP contribution in [0.25, 0.3) is 0 Å². The summed E-state index contributed by atoms with van der Waals surface area (Å²) in [5, 5.41) is 5.35. The van der Waals surface area contributed by atoms with Gasteiger partial charge in [0.05, 0.1) is 6.04 Å². The van der Waals surface area contributed by atoms with E-state index in [9.17, 15) is 9.59 Å². The molecule has 5 heteroatoms. The van der Waals surface area contributed by atoms with E-state index in [0.29, 0.717) is 6.42 Å². The number of nitrogens with two attached hydrogens (primary N) is 1. The van der Waals surface area contributed by atoms with Gasteiger partial charge in [0.1, 0.15) is 6.04 Å². The molecule has 0 fully saturated rings. The first-order chi connectivity index (χ1) is 7.88. The minimum Gasteiger partial charge on any atom is -0.352 e. The fraction of sp³-hybridized carbons (Fsp3) is 0.833. The van der Waals surface area contributed by atoms with Crippen molar-refractivity contribution >= 4 is 11.8 Å². The number of unbranched alkanes of at least 4 members (excludes halogenated alkanes) is 1. The maximum Gasteiger partial charge on any atom is 0.242 e.